The second-order valence-electron chi connectivity index (χ2n) is 6.37. The van der Waals surface area contributed by atoms with Gasteiger partial charge in [-0.05, 0) is 36.8 Å². The molecule has 6 nitrogen and oxygen atoms in total. The third-order valence-corrected chi connectivity index (χ3v) is 6.38. The van der Waals surface area contributed by atoms with Crippen LogP contribution in [0.1, 0.15) is 47.3 Å². The molecule has 0 spiro atoms. The summed E-state index contributed by atoms with van der Waals surface area (Å²) >= 11 is 3.35. The summed E-state index contributed by atoms with van der Waals surface area (Å²) in [4.78, 5) is 11.9. The SMILES string of the molecule is C[C@H](Sc1nnc(Cc2cccs2)n1C1CC1)c1cccc([N+](=O)[O-])c1. The summed E-state index contributed by atoms with van der Waals surface area (Å²) in [5, 5.41) is 22.9. The summed E-state index contributed by atoms with van der Waals surface area (Å²) in [5.41, 5.74) is 1.05. The fourth-order valence-corrected chi connectivity index (χ4v) is 4.65. The zero-order valence-electron chi connectivity index (χ0n) is 14.2. The Balaban J connectivity index is 1.57. The summed E-state index contributed by atoms with van der Waals surface area (Å²) in [5.74, 6) is 1.00. The Kier molecular flexibility index (Phi) is 4.78. The van der Waals surface area contributed by atoms with Crippen molar-refractivity contribution in [3.8, 4) is 0 Å². The number of hydrogen-bond donors (Lipinski definition) is 0. The van der Waals surface area contributed by atoms with Crippen LogP contribution in [0.25, 0.3) is 0 Å². The van der Waals surface area contributed by atoms with Gasteiger partial charge >= 0.3 is 0 Å². The predicted octanol–water partition coefficient (Wildman–Crippen LogP) is 5.03. The lowest BCUT2D eigenvalue weighted by Crippen LogP contribution is -2.04. The van der Waals surface area contributed by atoms with Gasteiger partial charge in [-0.25, -0.2) is 0 Å². The number of nitro groups is 1. The van der Waals surface area contributed by atoms with Crippen LogP contribution in [-0.4, -0.2) is 19.7 Å². The molecule has 0 bridgehead atoms. The van der Waals surface area contributed by atoms with E-state index in [9.17, 15) is 10.1 Å². The number of nitrogens with zero attached hydrogens (tertiary/aromatic N) is 4. The third kappa shape index (κ3) is 3.66. The zero-order valence-corrected chi connectivity index (χ0v) is 15.9. The van der Waals surface area contributed by atoms with Crippen LogP contribution in [-0.2, 0) is 6.42 Å². The van der Waals surface area contributed by atoms with Crippen molar-refractivity contribution < 1.29 is 4.92 Å². The third-order valence-electron chi connectivity index (χ3n) is 4.39. The van der Waals surface area contributed by atoms with Crippen molar-refractivity contribution in [2.45, 2.75) is 42.6 Å². The Bertz CT molecular complexity index is 919. The number of thioether (sulfide) groups is 1. The molecule has 0 amide bonds. The van der Waals surface area contributed by atoms with E-state index in [0.29, 0.717) is 6.04 Å². The number of rotatable bonds is 7. The molecule has 8 heteroatoms. The zero-order chi connectivity index (χ0) is 18.1. The molecule has 134 valence electrons. The van der Waals surface area contributed by atoms with E-state index in [1.165, 1.54) is 10.9 Å². The van der Waals surface area contributed by atoms with Gasteiger partial charge in [0.1, 0.15) is 5.82 Å². The minimum Gasteiger partial charge on any atom is -0.303 e. The van der Waals surface area contributed by atoms with E-state index in [0.717, 1.165) is 35.8 Å². The van der Waals surface area contributed by atoms with Gasteiger partial charge in [0, 0.05) is 34.7 Å². The quantitative estimate of drug-likeness (QED) is 0.323. The van der Waals surface area contributed by atoms with Crippen molar-refractivity contribution in [3.63, 3.8) is 0 Å². The molecule has 3 aromatic rings. The first-order valence-corrected chi connectivity index (χ1v) is 10.2. The highest BCUT2D eigenvalue weighted by Gasteiger charge is 2.30. The van der Waals surface area contributed by atoms with Crippen LogP contribution in [0.5, 0.6) is 0 Å². The average Bonchev–Trinajstić information content (AvgIpc) is 3.20. The first kappa shape index (κ1) is 17.2. The largest absolute Gasteiger partial charge is 0.303 e. The van der Waals surface area contributed by atoms with E-state index in [1.54, 1.807) is 35.2 Å². The van der Waals surface area contributed by atoms with Crippen molar-refractivity contribution in [1.82, 2.24) is 14.8 Å². The Morgan fingerprint density at radius 3 is 2.88 bits per heavy atom. The molecule has 0 N–H and O–H groups in total. The molecule has 0 radical (unpaired) electrons. The predicted molar refractivity (Wildman–Crippen MR) is 103 cm³/mol. The summed E-state index contributed by atoms with van der Waals surface area (Å²) < 4.78 is 2.26. The van der Waals surface area contributed by atoms with Crippen molar-refractivity contribution in [2.75, 3.05) is 0 Å². The van der Waals surface area contributed by atoms with Crippen LogP contribution in [0.15, 0.2) is 46.9 Å². The normalized spacial score (nSPS) is 15.1. The molecule has 4 rings (SSSR count). The molecule has 1 aromatic carbocycles. The van der Waals surface area contributed by atoms with Gasteiger partial charge in [0.25, 0.3) is 5.69 Å². The van der Waals surface area contributed by atoms with E-state index < -0.39 is 0 Å². The Morgan fingerprint density at radius 1 is 1.35 bits per heavy atom. The number of benzene rings is 1. The van der Waals surface area contributed by atoms with Gasteiger partial charge in [-0.2, -0.15) is 0 Å². The lowest BCUT2D eigenvalue weighted by Gasteiger charge is -2.13. The number of aromatic nitrogens is 3. The molecule has 1 aliphatic carbocycles. The number of nitro benzene ring substituents is 1. The summed E-state index contributed by atoms with van der Waals surface area (Å²) in [6, 6.07) is 11.5. The van der Waals surface area contributed by atoms with Gasteiger partial charge < -0.3 is 4.57 Å². The molecule has 0 aliphatic heterocycles. The highest BCUT2D eigenvalue weighted by Crippen LogP contribution is 2.42. The maximum atomic E-state index is 11.0. The van der Waals surface area contributed by atoms with Crippen LogP contribution in [0, 0.1) is 10.1 Å². The molecule has 26 heavy (non-hydrogen) atoms. The molecule has 2 aromatic heterocycles. The van der Waals surface area contributed by atoms with Crippen molar-refractivity contribution >= 4 is 28.8 Å². The highest BCUT2D eigenvalue weighted by molar-refractivity contribution is 7.99. The molecule has 1 fully saturated rings. The van der Waals surface area contributed by atoms with Gasteiger partial charge in [-0.15, -0.1) is 21.5 Å². The second-order valence-corrected chi connectivity index (χ2v) is 8.71. The van der Waals surface area contributed by atoms with Crippen LogP contribution in [0.4, 0.5) is 5.69 Å². The lowest BCUT2D eigenvalue weighted by atomic mass is 10.1. The average molecular weight is 387 g/mol. The molecule has 0 unspecified atom stereocenters. The molecule has 1 saturated carbocycles. The molecule has 1 aliphatic rings. The maximum Gasteiger partial charge on any atom is 0.269 e. The molecule has 0 saturated heterocycles. The Hall–Kier alpha value is -2.19. The van der Waals surface area contributed by atoms with Crippen LogP contribution in [0.2, 0.25) is 0 Å². The van der Waals surface area contributed by atoms with E-state index >= 15 is 0 Å². The molecular weight excluding hydrogens is 368 g/mol. The van der Waals surface area contributed by atoms with Crippen molar-refractivity contribution in [3.05, 3.63) is 68.2 Å². The smallest absolute Gasteiger partial charge is 0.269 e. The van der Waals surface area contributed by atoms with Gasteiger partial charge in [0.05, 0.1) is 4.92 Å². The van der Waals surface area contributed by atoms with Gasteiger partial charge in [-0.3, -0.25) is 10.1 Å². The minimum atomic E-state index is -0.354. The highest BCUT2D eigenvalue weighted by atomic mass is 32.2. The summed E-state index contributed by atoms with van der Waals surface area (Å²) in [6.45, 7) is 2.05. The van der Waals surface area contributed by atoms with E-state index in [2.05, 4.69) is 39.2 Å². The first-order chi connectivity index (χ1) is 12.6. The molecule has 1 atom stereocenters. The number of thiophene rings is 1. The van der Waals surface area contributed by atoms with Crippen LogP contribution >= 0.6 is 23.1 Å². The van der Waals surface area contributed by atoms with E-state index in [4.69, 9.17) is 0 Å². The van der Waals surface area contributed by atoms with Crippen LogP contribution in [0.3, 0.4) is 0 Å². The first-order valence-electron chi connectivity index (χ1n) is 8.49. The lowest BCUT2D eigenvalue weighted by molar-refractivity contribution is -0.384. The van der Waals surface area contributed by atoms with Gasteiger partial charge in [-0.1, -0.05) is 30.0 Å². The Labute approximate surface area is 159 Å². The maximum absolute atomic E-state index is 11.0. The standard InChI is InChI=1S/C18H18N4O2S2/c1-12(13-4-2-5-15(10-13)22(23)24)26-18-20-19-17(21(18)14-7-8-14)11-16-6-3-9-25-16/h2-6,9-10,12,14H,7-8,11H2,1H3/t12-/m0/s1. The van der Waals surface area contributed by atoms with Gasteiger partial charge in [0.15, 0.2) is 5.16 Å². The monoisotopic (exact) mass is 386 g/mol. The van der Waals surface area contributed by atoms with Crippen molar-refractivity contribution in [2.24, 2.45) is 0 Å². The second kappa shape index (κ2) is 7.20. The number of non-ortho nitro benzene ring substituents is 1. The fraction of sp³-hybridized carbons (Fsp3) is 0.333. The summed E-state index contributed by atoms with van der Waals surface area (Å²) in [6.07, 6.45) is 3.12. The fourth-order valence-electron chi connectivity index (χ4n) is 2.89. The van der Waals surface area contributed by atoms with Crippen LogP contribution < -0.4 is 0 Å². The minimum absolute atomic E-state index is 0.0613. The number of hydrogen-bond acceptors (Lipinski definition) is 6. The summed E-state index contributed by atoms with van der Waals surface area (Å²) in [7, 11) is 0. The van der Waals surface area contributed by atoms with Crippen molar-refractivity contribution in [1.29, 1.82) is 0 Å². The van der Waals surface area contributed by atoms with Gasteiger partial charge in [0.2, 0.25) is 0 Å². The van der Waals surface area contributed by atoms with E-state index in [1.807, 2.05) is 6.07 Å². The molecular formula is C18H18N4O2S2. The van der Waals surface area contributed by atoms with E-state index in [-0.39, 0.29) is 15.9 Å². The Morgan fingerprint density at radius 2 is 2.19 bits per heavy atom. The molecule has 2 heterocycles. The topological polar surface area (TPSA) is 73.8 Å².